The Balaban J connectivity index is 1.59. The third-order valence-corrected chi connectivity index (χ3v) is 4.38. The number of carbonyl (C=O) groups excluding carboxylic acids is 1. The molecule has 1 N–H and O–H groups in total. The average molecular weight is 370 g/mol. The van der Waals surface area contributed by atoms with Crippen LogP contribution in [0.25, 0.3) is 11.4 Å². The standard InChI is InChI=1S/C19H20ClN5O/c1-13(2)14-7-9-15(10-8-14)19-22-24-25(23-19)12-18(26)21-11-16-5-3-4-6-17(16)20/h3-10,13H,11-12H2,1-2H3,(H,21,26). The van der Waals surface area contributed by atoms with Gasteiger partial charge in [0.05, 0.1) is 0 Å². The van der Waals surface area contributed by atoms with Crippen LogP contribution in [0.15, 0.2) is 48.5 Å². The second kappa shape index (κ2) is 8.10. The van der Waals surface area contributed by atoms with E-state index in [2.05, 4.69) is 46.7 Å². The predicted octanol–water partition coefficient (Wildman–Crippen LogP) is 3.43. The quantitative estimate of drug-likeness (QED) is 0.722. The molecule has 1 heterocycles. The lowest BCUT2D eigenvalue weighted by Gasteiger charge is -2.06. The Morgan fingerprint density at radius 1 is 1.15 bits per heavy atom. The molecule has 134 valence electrons. The van der Waals surface area contributed by atoms with Gasteiger partial charge >= 0.3 is 0 Å². The maximum absolute atomic E-state index is 12.1. The lowest BCUT2D eigenvalue weighted by Crippen LogP contribution is -2.28. The molecule has 2 aromatic carbocycles. The van der Waals surface area contributed by atoms with Crippen molar-refractivity contribution in [2.45, 2.75) is 32.9 Å². The molecule has 1 aromatic heterocycles. The highest BCUT2D eigenvalue weighted by atomic mass is 35.5. The molecule has 7 heteroatoms. The van der Waals surface area contributed by atoms with Crippen LogP contribution in [0.5, 0.6) is 0 Å². The summed E-state index contributed by atoms with van der Waals surface area (Å²) in [4.78, 5) is 13.4. The molecule has 0 unspecified atom stereocenters. The van der Waals surface area contributed by atoms with Gasteiger partial charge in [0, 0.05) is 17.1 Å². The molecular weight excluding hydrogens is 350 g/mol. The summed E-state index contributed by atoms with van der Waals surface area (Å²) in [5.41, 5.74) is 2.98. The maximum Gasteiger partial charge on any atom is 0.243 e. The highest BCUT2D eigenvalue weighted by molar-refractivity contribution is 6.31. The molecule has 3 rings (SSSR count). The fraction of sp³-hybridized carbons (Fsp3) is 0.263. The smallest absolute Gasteiger partial charge is 0.243 e. The van der Waals surface area contributed by atoms with Gasteiger partial charge in [-0.3, -0.25) is 4.79 Å². The van der Waals surface area contributed by atoms with E-state index in [-0.39, 0.29) is 12.5 Å². The summed E-state index contributed by atoms with van der Waals surface area (Å²) >= 11 is 6.08. The van der Waals surface area contributed by atoms with Crippen LogP contribution >= 0.6 is 11.6 Å². The van der Waals surface area contributed by atoms with Crippen LogP contribution in [-0.4, -0.2) is 26.1 Å². The van der Waals surface area contributed by atoms with Crippen LogP contribution in [-0.2, 0) is 17.9 Å². The van der Waals surface area contributed by atoms with E-state index in [0.717, 1.165) is 11.1 Å². The van der Waals surface area contributed by atoms with Crippen LogP contribution < -0.4 is 5.32 Å². The lowest BCUT2D eigenvalue weighted by molar-refractivity contribution is -0.122. The third kappa shape index (κ3) is 4.46. The highest BCUT2D eigenvalue weighted by Crippen LogP contribution is 2.19. The molecule has 0 saturated carbocycles. The number of hydrogen-bond acceptors (Lipinski definition) is 4. The van der Waals surface area contributed by atoms with Gasteiger partial charge in [0.25, 0.3) is 0 Å². The van der Waals surface area contributed by atoms with Crippen LogP contribution in [0.1, 0.15) is 30.9 Å². The lowest BCUT2D eigenvalue weighted by atomic mass is 10.0. The van der Waals surface area contributed by atoms with Gasteiger partial charge in [-0.25, -0.2) is 0 Å². The zero-order chi connectivity index (χ0) is 18.5. The van der Waals surface area contributed by atoms with E-state index < -0.39 is 0 Å². The van der Waals surface area contributed by atoms with Gasteiger partial charge in [0.15, 0.2) is 0 Å². The number of nitrogens with one attached hydrogen (secondary N) is 1. The fourth-order valence-electron chi connectivity index (χ4n) is 2.46. The molecule has 0 aliphatic heterocycles. The fourth-order valence-corrected chi connectivity index (χ4v) is 2.67. The molecule has 1 amide bonds. The molecular formula is C19H20ClN5O. The van der Waals surface area contributed by atoms with Crippen molar-refractivity contribution in [3.05, 3.63) is 64.7 Å². The number of tetrazole rings is 1. The van der Waals surface area contributed by atoms with Crippen molar-refractivity contribution in [3.8, 4) is 11.4 Å². The van der Waals surface area contributed by atoms with Crippen LogP contribution in [0.2, 0.25) is 5.02 Å². The van der Waals surface area contributed by atoms with Gasteiger partial charge in [0.2, 0.25) is 11.7 Å². The van der Waals surface area contributed by atoms with E-state index >= 15 is 0 Å². The number of halogens is 1. The summed E-state index contributed by atoms with van der Waals surface area (Å²) in [7, 11) is 0. The van der Waals surface area contributed by atoms with Crippen molar-refractivity contribution in [1.29, 1.82) is 0 Å². The van der Waals surface area contributed by atoms with E-state index in [1.807, 2.05) is 30.3 Å². The number of rotatable bonds is 6. The minimum absolute atomic E-state index is 0.00152. The van der Waals surface area contributed by atoms with Crippen LogP contribution in [0.4, 0.5) is 0 Å². The van der Waals surface area contributed by atoms with Crippen molar-refractivity contribution < 1.29 is 4.79 Å². The van der Waals surface area contributed by atoms with E-state index in [0.29, 0.717) is 23.3 Å². The molecule has 0 atom stereocenters. The van der Waals surface area contributed by atoms with E-state index in [4.69, 9.17) is 11.6 Å². The van der Waals surface area contributed by atoms with Gasteiger partial charge in [-0.15, -0.1) is 10.2 Å². The molecule has 0 saturated heterocycles. The Kier molecular flexibility index (Phi) is 5.63. The van der Waals surface area contributed by atoms with Crippen LogP contribution in [0, 0.1) is 0 Å². The topological polar surface area (TPSA) is 72.7 Å². The minimum atomic E-state index is -0.205. The number of hydrogen-bond donors (Lipinski definition) is 1. The van der Waals surface area contributed by atoms with E-state index in [9.17, 15) is 4.79 Å². The Hall–Kier alpha value is -2.73. The van der Waals surface area contributed by atoms with Crippen molar-refractivity contribution in [1.82, 2.24) is 25.5 Å². The molecule has 0 aliphatic rings. The Labute approximate surface area is 157 Å². The molecule has 0 spiro atoms. The average Bonchev–Trinajstić information content (AvgIpc) is 3.09. The summed E-state index contributed by atoms with van der Waals surface area (Å²) in [5, 5.41) is 15.7. The van der Waals surface area contributed by atoms with Gasteiger partial charge in [-0.05, 0) is 28.3 Å². The first-order chi connectivity index (χ1) is 12.5. The largest absolute Gasteiger partial charge is 0.350 e. The van der Waals surface area contributed by atoms with Gasteiger partial charge < -0.3 is 5.32 Å². The molecule has 6 nitrogen and oxygen atoms in total. The first-order valence-corrected chi connectivity index (χ1v) is 8.79. The Morgan fingerprint density at radius 2 is 1.88 bits per heavy atom. The van der Waals surface area contributed by atoms with E-state index in [1.54, 1.807) is 6.07 Å². The normalized spacial score (nSPS) is 10.9. The number of benzene rings is 2. The second-order valence-corrected chi connectivity index (χ2v) is 6.70. The zero-order valence-corrected chi connectivity index (χ0v) is 15.4. The monoisotopic (exact) mass is 369 g/mol. The Morgan fingerprint density at radius 3 is 2.58 bits per heavy atom. The molecule has 26 heavy (non-hydrogen) atoms. The highest BCUT2D eigenvalue weighted by Gasteiger charge is 2.10. The number of carbonyl (C=O) groups is 1. The molecule has 0 bridgehead atoms. The van der Waals surface area contributed by atoms with Crippen LogP contribution in [0.3, 0.4) is 0 Å². The summed E-state index contributed by atoms with van der Waals surface area (Å²) < 4.78 is 0. The summed E-state index contributed by atoms with van der Waals surface area (Å²) in [6, 6.07) is 15.4. The van der Waals surface area contributed by atoms with E-state index in [1.165, 1.54) is 10.4 Å². The number of aromatic nitrogens is 4. The number of nitrogens with zero attached hydrogens (tertiary/aromatic N) is 4. The predicted molar refractivity (Wildman–Crippen MR) is 101 cm³/mol. The Bertz CT molecular complexity index is 889. The SMILES string of the molecule is CC(C)c1ccc(-c2nnn(CC(=O)NCc3ccccc3Cl)n2)cc1. The second-order valence-electron chi connectivity index (χ2n) is 6.29. The summed E-state index contributed by atoms with van der Waals surface area (Å²) in [5.74, 6) is 0.762. The molecule has 0 radical (unpaired) electrons. The van der Waals surface area contributed by atoms with Gasteiger partial charge in [-0.1, -0.05) is 67.9 Å². The summed E-state index contributed by atoms with van der Waals surface area (Å²) in [6.45, 7) is 4.65. The van der Waals surface area contributed by atoms with Gasteiger partial charge in [-0.2, -0.15) is 4.80 Å². The molecule has 0 fully saturated rings. The first kappa shape index (κ1) is 18.1. The van der Waals surface area contributed by atoms with Crippen molar-refractivity contribution in [2.75, 3.05) is 0 Å². The third-order valence-electron chi connectivity index (χ3n) is 4.01. The number of amides is 1. The molecule has 0 aliphatic carbocycles. The van der Waals surface area contributed by atoms with Crippen molar-refractivity contribution >= 4 is 17.5 Å². The maximum atomic E-state index is 12.1. The van der Waals surface area contributed by atoms with Crippen molar-refractivity contribution in [2.24, 2.45) is 0 Å². The minimum Gasteiger partial charge on any atom is -0.350 e. The molecule has 3 aromatic rings. The zero-order valence-electron chi connectivity index (χ0n) is 14.7. The summed E-state index contributed by atoms with van der Waals surface area (Å²) in [6.07, 6.45) is 0. The van der Waals surface area contributed by atoms with Gasteiger partial charge in [0.1, 0.15) is 6.54 Å². The first-order valence-electron chi connectivity index (χ1n) is 8.41. The van der Waals surface area contributed by atoms with Crippen molar-refractivity contribution in [3.63, 3.8) is 0 Å².